The number of carbonyl (C=O) groups is 2. The van der Waals surface area contributed by atoms with E-state index < -0.39 is 69.6 Å². The summed E-state index contributed by atoms with van der Waals surface area (Å²) in [5, 5.41) is 0. The molecule has 12 heteroatoms. The van der Waals surface area contributed by atoms with Gasteiger partial charge in [-0.3, -0.25) is 0 Å². The van der Waals surface area contributed by atoms with Crippen molar-refractivity contribution in [1.82, 2.24) is 0 Å². The molecule has 0 aromatic heterocycles. The molecule has 0 radical (unpaired) electrons. The maximum atomic E-state index is 13.7. The van der Waals surface area contributed by atoms with Crippen LogP contribution in [0.3, 0.4) is 0 Å². The molecule has 3 aromatic rings. The summed E-state index contributed by atoms with van der Waals surface area (Å²) in [5.74, 6) is -16.1. The number of alkyl halides is 3. The zero-order chi connectivity index (χ0) is 24.5. The third-order valence-electron chi connectivity index (χ3n) is 4.07. The van der Waals surface area contributed by atoms with Crippen molar-refractivity contribution in [2.75, 3.05) is 0 Å². The van der Waals surface area contributed by atoms with E-state index in [-0.39, 0.29) is 5.75 Å². The second kappa shape index (κ2) is 8.88. The van der Waals surface area contributed by atoms with Crippen LogP contribution in [0.4, 0.5) is 35.1 Å². The molecule has 0 amide bonds. The molecule has 0 aliphatic rings. The van der Waals surface area contributed by atoms with Crippen LogP contribution in [0, 0.1) is 29.1 Å². The van der Waals surface area contributed by atoms with Gasteiger partial charge in [-0.05, 0) is 30.3 Å². The highest BCUT2D eigenvalue weighted by Crippen LogP contribution is 2.30. The predicted molar refractivity (Wildman–Crippen MR) is 94.0 cm³/mol. The van der Waals surface area contributed by atoms with E-state index in [9.17, 15) is 44.7 Å². The van der Waals surface area contributed by atoms with Crippen LogP contribution in [0.5, 0.6) is 11.5 Å². The molecule has 0 atom stereocenters. The van der Waals surface area contributed by atoms with Crippen LogP contribution in [-0.4, -0.2) is 11.9 Å². The van der Waals surface area contributed by atoms with Gasteiger partial charge < -0.3 is 9.47 Å². The van der Waals surface area contributed by atoms with Crippen molar-refractivity contribution in [3.8, 4) is 11.5 Å². The average molecular weight is 476 g/mol. The molecule has 4 nitrogen and oxygen atoms in total. The van der Waals surface area contributed by atoms with Gasteiger partial charge in [0.05, 0.1) is 11.1 Å². The molecule has 3 rings (SSSR count). The molecular formula is C21H8F8O4. The minimum Gasteiger partial charge on any atom is -0.423 e. The molecule has 0 aliphatic heterocycles. The zero-order valence-corrected chi connectivity index (χ0v) is 15.8. The molecule has 0 saturated carbocycles. The number of hydrogen-bond donors (Lipinski definition) is 0. The fourth-order valence-corrected chi connectivity index (χ4v) is 2.53. The zero-order valence-electron chi connectivity index (χ0n) is 15.8. The van der Waals surface area contributed by atoms with E-state index in [2.05, 4.69) is 4.74 Å². The Morgan fingerprint density at radius 1 is 0.636 bits per heavy atom. The van der Waals surface area contributed by atoms with Crippen molar-refractivity contribution >= 4 is 11.9 Å². The third-order valence-corrected chi connectivity index (χ3v) is 4.07. The molecule has 0 unspecified atom stereocenters. The lowest BCUT2D eigenvalue weighted by molar-refractivity contribution is -0.137. The normalized spacial score (nSPS) is 11.3. The summed E-state index contributed by atoms with van der Waals surface area (Å²) in [7, 11) is 0. The first-order valence-corrected chi connectivity index (χ1v) is 8.63. The number of halogens is 8. The second-order valence-corrected chi connectivity index (χ2v) is 6.28. The van der Waals surface area contributed by atoms with Crippen LogP contribution < -0.4 is 9.47 Å². The first-order chi connectivity index (χ1) is 15.4. The first-order valence-electron chi connectivity index (χ1n) is 8.63. The number of carbonyl (C=O) groups excluding carboxylic acids is 2. The maximum absolute atomic E-state index is 13.7. The summed E-state index contributed by atoms with van der Waals surface area (Å²) in [4.78, 5) is 24.1. The average Bonchev–Trinajstić information content (AvgIpc) is 2.76. The summed E-state index contributed by atoms with van der Waals surface area (Å²) in [5.41, 5.74) is -3.42. The molecule has 0 aliphatic carbocycles. The van der Waals surface area contributed by atoms with Gasteiger partial charge in [0.2, 0.25) is 5.82 Å². The van der Waals surface area contributed by atoms with Crippen LogP contribution in [0.1, 0.15) is 26.3 Å². The van der Waals surface area contributed by atoms with Gasteiger partial charge in [-0.1, -0.05) is 12.1 Å². The molecular weight excluding hydrogens is 468 g/mol. The highest BCUT2D eigenvalue weighted by Gasteiger charge is 2.32. The Balaban J connectivity index is 1.82. The SMILES string of the molecule is O=C(Oc1cccc(OC(=O)c2c(F)c(F)c(F)c(F)c2F)c1)c1cccc(C(F)(F)F)c1. The van der Waals surface area contributed by atoms with Crippen LogP contribution in [0.25, 0.3) is 0 Å². The lowest BCUT2D eigenvalue weighted by atomic mass is 10.1. The smallest absolute Gasteiger partial charge is 0.416 e. The summed E-state index contributed by atoms with van der Waals surface area (Å²) >= 11 is 0. The minimum atomic E-state index is -4.71. The molecule has 0 heterocycles. The molecule has 33 heavy (non-hydrogen) atoms. The van der Waals surface area contributed by atoms with Crippen molar-refractivity contribution in [2.24, 2.45) is 0 Å². The summed E-state index contributed by atoms with van der Waals surface area (Å²) in [6.07, 6.45) is -4.71. The van der Waals surface area contributed by atoms with E-state index in [1.165, 1.54) is 0 Å². The Labute approximate surface area is 179 Å². The number of esters is 2. The van der Waals surface area contributed by atoms with Gasteiger partial charge in [0, 0.05) is 6.07 Å². The molecule has 0 saturated heterocycles. The van der Waals surface area contributed by atoms with Gasteiger partial charge in [0.25, 0.3) is 0 Å². The van der Waals surface area contributed by atoms with Crippen LogP contribution in [0.2, 0.25) is 0 Å². The van der Waals surface area contributed by atoms with Gasteiger partial charge in [-0.15, -0.1) is 0 Å². The first kappa shape index (κ1) is 23.7. The minimum absolute atomic E-state index is 0.361. The van der Waals surface area contributed by atoms with Crippen molar-refractivity contribution < 1.29 is 54.2 Å². The van der Waals surface area contributed by atoms with E-state index >= 15 is 0 Å². The molecule has 0 spiro atoms. The molecule has 0 bridgehead atoms. The van der Waals surface area contributed by atoms with Gasteiger partial charge >= 0.3 is 18.1 Å². The monoisotopic (exact) mass is 476 g/mol. The van der Waals surface area contributed by atoms with Crippen LogP contribution >= 0.6 is 0 Å². The highest BCUT2D eigenvalue weighted by atomic mass is 19.4. The largest absolute Gasteiger partial charge is 0.423 e. The lowest BCUT2D eigenvalue weighted by Crippen LogP contribution is -2.17. The van der Waals surface area contributed by atoms with Crippen molar-refractivity contribution in [1.29, 1.82) is 0 Å². The lowest BCUT2D eigenvalue weighted by Gasteiger charge is -2.10. The number of hydrogen-bond acceptors (Lipinski definition) is 4. The molecule has 3 aromatic carbocycles. The Morgan fingerprint density at radius 3 is 1.67 bits per heavy atom. The quantitative estimate of drug-likeness (QED) is 0.156. The van der Waals surface area contributed by atoms with E-state index in [4.69, 9.17) is 4.74 Å². The Bertz CT molecular complexity index is 1220. The second-order valence-electron chi connectivity index (χ2n) is 6.28. The standard InChI is InChI=1S/C21H8F8O4/c22-14-13(15(23)17(25)18(26)16(14)24)20(31)33-12-6-2-5-11(8-12)32-19(30)9-3-1-4-10(7-9)21(27,28)29/h1-8H. The van der Waals surface area contributed by atoms with E-state index in [1.54, 1.807) is 0 Å². The van der Waals surface area contributed by atoms with Gasteiger partial charge in [-0.25, -0.2) is 31.5 Å². The summed E-state index contributed by atoms with van der Waals surface area (Å²) < 4.78 is 115. The number of ether oxygens (including phenoxy) is 2. The van der Waals surface area contributed by atoms with E-state index in [0.29, 0.717) is 6.07 Å². The number of rotatable bonds is 4. The maximum Gasteiger partial charge on any atom is 0.416 e. The molecule has 172 valence electrons. The van der Waals surface area contributed by atoms with Crippen molar-refractivity contribution in [3.63, 3.8) is 0 Å². The van der Waals surface area contributed by atoms with Crippen molar-refractivity contribution in [2.45, 2.75) is 6.18 Å². The topological polar surface area (TPSA) is 52.6 Å². The fourth-order valence-electron chi connectivity index (χ4n) is 2.53. The number of benzene rings is 3. The predicted octanol–water partition coefficient (Wildman–Crippen LogP) is 5.84. The van der Waals surface area contributed by atoms with Crippen molar-refractivity contribution in [3.05, 3.63) is 94.3 Å². The summed E-state index contributed by atoms with van der Waals surface area (Å²) in [6, 6.07) is 7.39. The van der Waals surface area contributed by atoms with E-state index in [0.717, 1.165) is 42.5 Å². The Hall–Kier alpha value is -3.96. The fraction of sp³-hybridized carbons (Fsp3) is 0.0476. The van der Waals surface area contributed by atoms with Crippen LogP contribution in [0.15, 0.2) is 48.5 Å². The third kappa shape index (κ3) is 4.94. The highest BCUT2D eigenvalue weighted by molar-refractivity contribution is 5.92. The van der Waals surface area contributed by atoms with Crippen LogP contribution in [-0.2, 0) is 6.18 Å². The van der Waals surface area contributed by atoms with Gasteiger partial charge in [-0.2, -0.15) is 13.2 Å². The molecule has 0 N–H and O–H groups in total. The Morgan fingerprint density at radius 2 is 1.12 bits per heavy atom. The van der Waals surface area contributed by atoms with E-state index in [1.807, 2.05) is 0 Å². The Kier molecular flexibility index (Phi) is 6.38. The van der Waals surface area contributed by atoms with Gasteiger partial charge in [0.15, 0.2) is 23.3 Å². The summed E-state index contributed by atoms with van der Waals surface area (Å²) in [6.45, 7) is 0. The van der Waals surface area contributed by atoms with Gasteiger partial charge in [0.1, 0.15) is 17.1 Å². The molecule has 0 fully saturated rings.